The van der Waals surface area contributed by atoms with Crippen LogP contribution in [0.25, 0.3) is 10.4 Å². The Kier molecular flexibility index (Phi) is 5.32. The molecule has 0 bridgehead atoms. The van der Waals surface area contributed by atoms with Crippen LogP contribution in [0.4, 0.5) is 11.4 Å². The van der Waals surface area contributed by atoms with E-state index in [-0.39, 0.29) is 13.2 Å². The molecule has 6 heteroatoms. The molecule has 0 saturated carbocycles. The Balaban J connectivity index is 2.37. The molecule has 0 saturated heterocycles. The first-order valence-corrected chi connectivity index (χ1v) is 7.43. The summed E-state index contributed by atoms with van der Waals surface area (Å²) in [7, 11) is 0. The van der Waals surface area contributed by atoms with Crippen LogP contribution in [0, 0.1) is 0 Å². The number of carbonyl (C=O) groups excluding carboxylic acids is 1. The Bertz CT molecular complexity index is 607. The second-order valence-corrected chi connectivity index (χ2v) is 5.64. The fraction of sp³-hybridized carbons (Fsp3) is 0.267. The lowest BCUT2D eigenvalue weighted by Crippen LogP contribution is -2.29. The van der Waals surface area contributed by atoms with E-state index in [2.05, 4.69) is 0 Å². The molecule has 2 rings (SSSR count). The quantitative estimate of drug-likeness (QED) is 0.534. The van der Waals surface area contributed by atoms with Crippen molar-refractivity contribution in [3.05, 3.63) is 35.2 Å². The van der Waals surface area contributed by atoms with Crippen LogP contribution in [-0.4, -0.2) is 42.8 Å². The van der Waals surface area contributed by atoms with Crippen LogP contribution < -0.4 is 10.6 Å². The van der Waals surface area contributed by atoms with E-state index in [4.69, 9.17) is 15.9 Å². The van der Waals surface area contributed by atoms with Gasteiger partial charge in [-0.25, -0.2) is 0 Å². The maximum absolute atomic E-state index is 10.8. The summed E-state index contributed by atoms with van der Waals surface area (Å²) in [6.07, 6.45) is 0.817. The lowest BCUT2D eigenvalue weighted by atomic mass is 10.1. The van der Waals surface area contributed by atoms with Crippen LogP contribution in [0.3, 0.4) is 0 Å². The summed E-state index contributed by atoms with van der Waals surface area (Å²) < 4.78 is 0. The molecule has 1 aromatic carbocycles. The van der Waals surface area contributed by atoms with Crippen molar-refractivity contribution < 1.29 is 15.0 Å². The Morgan fingerprint density at radius 3 is 2.43 bits per heavy atom. The monoisotopic (exact) mass is 306 g/mol. The SMILES string of the molecule is Nc1ccc(N(CCO)CCO)cc1-c1ccc(C=O)s1. The Morgan fingerprint density at radius 1 is 1.14 bits per heavy atom. The van der Waals surface area contributed by atoms with E-state index in [1.807, 2.05) is 23.1 Å². The van der Waals surface area contributed by atoms with E-state index in [9.17, 15) is 4.79 Å². The maximum Gasteiger partial charge on any atom is 0.160 e. The molecule has 0 radical (unpaired) electrons. The number of hydrogen-bond acceptors (Lipinski definition) is 6. The molecule has 0 aliphatic carbocycles. The zero-order valence-electron chi connectivity index (χ0n) is 11.5. The molecule has 4 N–H and O–H groups in total. The number of aldehydes is 1. The molecule has 0 aliphatic rings. The lowest BCUT2D eigenvalue weighted by molar-refractivity contribution is 0.112. The largest absolute Gasteiger partial charge is 0.398 e. The number of thiophene rings is 1. The van der Waals surface area contributed by atoms with Crippen LogP contribution in [0.15, 0.2) is 30.3 Å². The van der Waals surface area contributed by atoms with Crippen molar-refractivity contribution in [2.45, 2.75) is 0 Å². The molecule has 21 heavy (non-hydrogen) atoms. The molecule has 5 nitrogen and oxygen atoms in total. The number of carbonyl (C=O) groups is 1. The average Bonchev–Trinajstić information content (AvgIpc) is 2.96. The third-order valence-electron chi connectivity index (χ3n) is 3.15. The first-order valence-electron chi connectivity index (χ1n) is 6.61. The van der Waals surface area contributed by atoms with Gasteiger partial charge in [0.25, 0.3) is 0 Å². The highest BCUT2D eigenvalue weighted by Gasteiger charge is 2.11. The van der Waals surface area contributed by atoms with Gasteiger partial charge in [-0.15, -0.1) is 11.3 Å². The molecule has 0 spiro atoms. The normalized spacial score (nSPS) is 10.6. The van der Waals surface area contributed by atoms with Gasteiger partial charge in [0, 0.05) is 34.9 Å². The second kappa shape index (κ2) is 7.21. The zero-order valence-corrected chi connectivity index (χ0v) is 12.3. The fourth-order valence-corrected chi connectivity index (χ4v) is 2.99. The molecule has 1 aromatic heterocycles. The second-order valence-electron chi connectivity index (χ2n) is 4.53. The standard InChI is InChI=1S/C15H18N2O3S/c16-14-3-1-11(17(5-7-18)6-8-19)9-13(14)15-4-2-12(10-20)21-15/h1-4,9-10,18-19H,5-8,16H2. The summed E-state index contributed by atoms with van der Waals surface area (Å²) >= 11 is 1.38. The van der Waals surface area contributed by atoms with Crippen molar-refractivity contribution in [1.29, 1.82) is 0 Å². The predicted molar refractivity (Wildman–Crippen MR) is 85.9 cm³/mol. The number of aliphatic hydroxyl groups excluding tert-OH is 2. The summed E-state index contributed by atoms with van der Waals surface area (Å²) in [5.74, 6) is 0. The van der Waals surface area contributed by atoms with Crippen LogP contribution >= 0.6 is 11.3 Å². The van der Waals surface area contributed by atoms with E-state index in [0.717, 1.165) is 22.4 Å². The van der Waals surface area contributed by atoms with E-state index in [1.165, 1.54) is 11.3 Å². The molecule has 0 aliphatic heterocycles. The number of nitrogen functional groups attached to an aromatic ring is 1. The molecule has 1 heterocycles. The van der Waals surface area contributed by atoms with Crippen LogP contribution in [0.5, 0.6) is 0 Å². The van der Waals surface area contributed by atoms with Crippen LogP contribution in [0.2, 0.25) is 0 Å². The van der Waals surface area contributed by atoms with Gasteiger partial charge in [0.1, 0.15) is 0 Å². The number of nitrogens with zero attached hydrogens (tertiary/aromatic N) is 1. The van der Waals surface area contributed by atoms with Crippen LogP contribution in [0.1, 0.15) is 9.67 Å². The highest BCUT2D eigenvalue weighted by Crippen LogP contribution is 2.34. The minimum atomic E-state index is 0.00794. The Morgan fingerprint density at radius 2 is 1.86 bits per heavy atom. The van der Waals surface area contributed by atoms with Gasteiger partial charge in [-0.3, -0.25) is 4.79 Å². The number of anilines is 2. The summed E-state index contributed by atoms with van der Waals surface area (Å²) in [6, 6.07) is 9.21. The van der Waals surface area contributed by atoms with Crippen molar-refractivity contribution in [1.82, 2.24) is 0 Å². The van der Waals surface area contributed by atoms with Gasteiger partial charge in [-0.05, 0) is 30.3 Å². The molecule has 0 fully saturated rings. The third-order valence-corrected chi connectivity index (χ3v) is 4.19. The van der Waals surface area contributed by atoms with Crippen molar-refractivity contribution in [2.75, 3.05) is 36.9 Å². The highest BCUT2D eigenvalue weighted by molar-refractivity contribution is 7.17. The zero-order chi connectivity index (χ0) is 15.2. The van der Waals surface area contributed by atoms with E-state index in [0.29, 0.717) is 23.7 Å². The smallest absolute Gasteiger partial charge is 0.160 e. The van der Waals surface area contributed by atoms with Gasteiger partial charge in [0.15, 0.2) is 6.29 Å². The fourth-order valence-electron chi connectivity index (χ4n) is 2.13. The molecule has 0 atom stereocenters. The van der Waals surface area contributed by atoms with Gasteiger partial charge >= 0.3 is 0 Å². The van der Waals surface area contributed by atoms with E-state index >= 15 is 0 Å². The molecule has 112 valence electrons. The van der Waals surface area contributed by atoms with Crippen LogP contribution in [-0.2, 0) is 0 Å². The van der Waals surface area contributed by atoms with Crippen molar-refractivity contribution >= 4 is 29.0 Å². The average molecular weight is 306 g/mol. The molecular weight excluding hydrogens is 288 g/mol. The third kappa shape index (κ3) is 3.60. The summed E-state index contributed by atoms with van der Waals surface area (Å²) in [5, 5.41) is 18.2. The van der Waals surface area contributed by atoms with Crippen molar-refractivity contribution in [3.8, 4) is 10.4 Å². The van der Waals surface area contributed by atoms with Crippen molar-refractivity contribution in [2.24, 2.45) is 0 Å². The number of aliphatic hydroxyl groups is 2. The van der Waals surface area contributed by atoms with Gasteiger partial charge in [-0.2, -0.15) is 0 Å². The molecule has 2 aromatic rings. The van der Waals surface area contributed by atoms with Gasteiger partial charge in [0.2, 0.25) is 0 Å². The number of nitrogens with two attached hydrogens (primary N) is 1. The summed E-state index contributed by atoms with van der Waals surface area (Å²) in [6.45, 7) is 0.893. The Hall–Kier alpha value is -1.89. The topological polar surface area (TPSA) is 86.8 Å². The molecular formula is C15H18N2O3S. The van der Waals surface area contributed by atoms with Crippen molar-refractivity contribution in [3.63, 3.8) is 0 Å². The predicted octanol–water partition coefficient (Wildman–Crippen LogP) is 1.60. The summed E-state index contributed by atoms with van der Waals surface area (Å²) in [5.41, 5.74) is 8.38. The highest BCUT2D eigenvalue weighted by atomic mass is 32.1. The summed E-state index contributed by atoms with van der Waals surface area (Å²) in [4.78, 5) is 14.3. The number of rotatable bonds is 7. The minimum Gasteiger partial charge on any atom is -0.398 e. The van der Waals surface area contributed by atoms with Gasteiger partial charge in [0.05, 0.1) is 18.1 Å². The number of benzene rings is 1. The Labute approximate surface area is 127 Å². The van der Waals surface area contributed by atoms with Gasteiger partial charge in [-0.1, -0.05) is 0 Å². The van der Waals surface area contributed by atoms with E-state index in [1.54, 1.807) is 12.1 Å². The first kappa shape index (κ1) is 15.5. The molecule has 0 unspecified atom stereocenters. The van der Waals surface area contributed by atoms with E-state index < -0.39 is 0 Å². The first-order chi connectivity index (χ1) is 10.2. The maximum atomic E-state index is 10.8. The van der Waals surface area contributed by atoms with Gasteiger partial charge < -0.3 is 20.8 Å². The minimum absolute atomic E-state index is 0.00794. The molecule has 0 amide bonds. The lowest BCUT2D eigenvalue weighted by Gasteiger charge is -2.23. The number of hydrogen-bond donors (Lipinski definition) is 3.